The summed E-state index contributed by atoms with van der Waals surface area (Å²) in [4.78, 5) is 10.6. The molecule has 1 heterocycles. The highest BCUT2D eigenvalue weighted by Gasteiger charge is 2.10. The summed E-state index contributed by atoms with van der Waals surface area (Å²) in [6, 6.07) is 5.80. The lowest BCUT2D eigenvalue weighted by Crippen LogP contribution is -2.00. The molecule has 0 spiro atoms. The number of hydrogen-bond donors (Lipinski definition) is 2. The molecule has 0 unspecified atom stereocenters. The van der Waals surface area contributed by atoms with Crippen molar-refractivity contribution in [3.8, 4) is 11.4 Å². The first-order valence-electron chi connectivity index (χ1n) is 5.22. The summed E-state index contributed by atoms with van der Waals surface area (Å²) in [6.07, 6.45) is 0.561. The number of benzene rings is 1. The smallest absolute Gasteiger partial charge is 0.303 e. The van der Waals surface area contributed by atoms with E-state index >= 15 is 0 Å². The van der Waals surface area contributed by atoms with Gasteiger partial charge in [0.15, 0.2) is 5.82 Å². The number of aromatic amines is 1. The second-order valence-electron chi connectivity index (χ2n) is 3.80. The monoisotopic (exact) mass is 232 g/mol. The third-order valence-corrected chi connectivity index (χ3v) is 2.47. The van der Waals surface area contributed by atoms with Crippen LogP contribution in [-0.4, -0.2) is 31.7 Å². The van der Waals surface area contributed by atoms with Gasteiger partial charge in [-0.05, 0) is 29.3 Å². The highest BCUT2D eigenvalue weighted by atomic mass is 16.4. The molecule has 2 rings (SSSR count). The molecule has 0 bridgehead atoms. The summed E-state index contributed by atoms with van der Waals surface area (Å²) in [5.41, 5.74) is 2.87. The van der Waals surface area contributed by atoms with Gasteiger partial charge in [0.25, 0.3) is 0 Å². The molecule has 0 atom stereocenters. The molecular weight excluding hydrogens is 220 g/mol. The van der Waals surface area contributed by atoms with E-state index in [0.29, 0.717) is 12.2 Å². The van der Waals surface area contributed by atoms with Crippen molar-refractivity contribution in [2.24, 2.45) is 0 Å². The minimum absolute atomic E-state index is 0.0953. The Hall–Kier alpha value is -2.24. The van der Waals surface area contributed by atoms with Gasteiger partial charge in [-0.3, -0.25) is 4.79 Å². The quantitative estimate of drug-likeness (QED) is 0.826. The number of tetrazole rings is 1. The molecule has 0 radical (unpaired) electrons. The fraction of sp³-hybridized carbons (Fsp3) is 0.273. The molecule has 0 saturated carbocycles. The average molecular weight is 232 g/mol. The standard InChI is InChI=1S/C11H12N4O2/c1-7-2-4-9(11-12-14-15-13-11)8(6-7)3-5-10(16)17/h2,4,6H,3,5H2,1H3,(H,16,17)(H,12,13,14,15). The lowest BCUT2D eigenvalue weighted by molar-refractivity contribution is -0.136. The number of nitrogens with one attached hydrogen (secondary N) is 1. The van der Waals surface area contributed by atoms with E-state index in [0.717, 1.165) is 16.7 Å². The van der Waals surface area contributed by atoms with Gasteiger partial charge < -0.3 is 5.11 Å². The molecule has 0 saturated heterocycles. The molecule has 17 heavy (non-hydrogen) atoms. The van der Waals surface area contributed by atoms with E-state index in [9.17, 15) is 4.79 Å². The van der Waals surface area contributed by atoms with Crippen molar-refractivity contribution < 1.29 is 9.90 Å². The number of nitrogens with zero attached hydrogens (tertiary/aromatic N) is 3. The number of hydrogen-bond acceptors (Lipinski definition) is 4. The fourth-order valence-corrected chi connectivity index (χ4v) is 1.68. The molecule has 1 aromatic heterocycles. The second kappa shape index (κ2) is 4.73. The summed E-state index contributed by atoms with van der Waals surface area (Å²) in [7, 11) is 0. The molecular formula is C11H12N4O2. The summed E-state index contributed by atoms with van der Waals surface area (Å²) in [6.45, 7) is 1.96. The summed E-state index contributed by atoms with van der Waals surface area (Å²) < 4.78 is 0. The highest BCUT2D eigenvalue weighted by Crippen LogP contribution is 2.22. The molecule has 88 valence electrons. The van der Waals surface area contributed by atoms with Crippen molar-refractivity contribution in [2.75, 3.05) is 0 Å². The Labute approximate surface area is 97.7 Å². The van der Waals surface area contributed by atoms with E-state index in [1.165, 1.54) is 0 Å². The number of carboxylic acids is 1. The number of aromatic nitrogens is 4. The first-order chi connectivity index (χ1) is 8.16. The van der Waals surface area contributed by atoms with E-state index in [-0.39, 0.29) is 6.42 Å². The Morgan fingerprint density at radius 2 is 2.29 bits per heavy atom. The van der Waals surface area contributed by atoms with E-state index in [1.54, 1.807) is 0 Å². The third-order valence-electron chi connectivity index (χ3n) is 2.47. The van der Waals surface area contributed by atoms with Crippen LogP contribution in [0.15, 0.2) is 18.2 Å². The van der Waals surface area contributed by atoms with Gasteiger partial charge in [0, 0.05) is 12.0 Å². The van der Waals surface area contributed by atoms with E-state index in [1.807, 2.05) is 25.1 Å². The second-order valence-corrected chi connectivity index (χ2v) is 3.80. The van der Waals surface area contributed by atoms with Gasteiger partial charge in [-0.15, -0.1) is 5.10 Å². The van der Waals surface area contributed by atoms with E-state index in [4.69, 9.17) is 5.11 Å². The number of aryl methyl sites for hydroxylation is 2. The fourth-order valence-electron chi connectivity index (χ4n) is 1.68. The van der Waals surface area contributed by atoms with E-state index < -0.39 is 5.97 Å². The van der Waals surface area contributed by atoms with Crippen LogP contribution in [-0.2, 0) is 11.2 Å². The number of aliphatic carboxylic acids is 1. The molecule has 0 aliphatic heterocycles. The van der Waals surface area contributed by atoms with Gasteiger partial charge in [-0.25, -0.2) is 5.10 Å². The number of carbonyl (C=O) groups is 1. The summed E-state index contributed by atoms with van der Waals surface area (Å²) >= 11 is 0. The van der Waals surface area contributed by atoms with Crippen LogP contribution in [0.4, 0.5) is 0 Å². The third kappa shape index (κ3) is 2.66. The zero-order valence-electron chi connectivity index (χ0n) is 9.34. The van der Waals surface area contributed by atoms with Crippen LogP contribution >= 0.6 is 0 Å². The first-order valence-corrected chi connectivity index (χ1v) is 5.22. The molecule has 2 aromatic rings. The molecule has 0 fully saturated rings. The van der Waals surface area contributed by atoms with Gasteiger partial charge in [-0.1, -0.05) is 23.8 Å². The van der Waals surface area contributed by atoms with Crippen molar-refractivity contribution in [3.05, 3.63) is 29.3 Å². The lowest BCUT2D eigenvalue weighted by Gasteiger charge is -2.06. The van der Waals surface area contributed by atoms with Crippen LogP contribution < -0.4 is 0 Å². The van der Waals surface area contributed by atoms with Crippen LogP contribution in [0.5, 0.6) is 0 Å². The van der Waals surface area contributed by atoms with Gasteiger partial charge >= 0.3 is 5.97 Å². The first kappa shape index (κ1) is 11.3. The maximum absolute atomic E-state index is 10.6. The Balaban J connectivity index is 2.34. The Bertz CT molecular complexity index is 522. The number of carboxylic acid groups (broad SMARTS) is 1. The minimum Gasteiger partial charge on any atom is -0.481 e. The molecule has 6 nitrogen and oxygen atoms in total. The largest absolute Gasteiger partial charge is 0.481 e. The Morgan fingerprint density at radius 3 is 2.94 bits per heavy atom. The van der Waals surface area contributed by atoms with Crippen LogP contribution in [0.3, 0.4) is 0 Å². The van der Waals surface area contributed by atoms with Crippen molar-refractivity contribution in [3.63, 3.8) is 0 Å². The van der Waals surface area contributed by atoms with Gasteiger partial charge in [-0.2, -0.15) is 0 Å². The van der Waals surface area contributed by atoms with Crippen molar-refractivity contribution in [1.29, 1.82) is 0 Å². The predicted molar refractivity (Wildman–Crippen MR) is 60.3 cm³/mol. The van der Waals surface area contributed by atoms with Gasteiger partial charge in [0.2, 0.25) is 0 Å². The van der Waals surface area contributed by atoms with Crippen LogP contribution in [0.2, 0.25) is 0 Å². The zero-order valence-corrected chi connectivity index (χ0v) is 9.34. The highest BCUT2D eigenvalue weighted by molar-refractivity contribution is 5.68. The Kier molecular flexibility index (Phi) is 3.13. The van der Waals surface area contributed by atoms with Gasteiger partial charge in [0.1, 0.15) is 0 Å². The van der Waals surface area contributed by atoms with E-state index in [2.05, 4.69) is 20.6 Å². The lowest BCUT2D eigenvalue weighted by atomic mass is 10.00. The molecule has 0 amide bonds. The van der Waals surface area contributed by atoms with Crippen molar-refractivity contribution >= 4 is 5.97 Å². The molecule has 0 aliphatic carbocycles. The van der Waals surface area contributed by atoms with Crippen molar-refractivity contribution in [2.45, 2.75) is 19.8 Å². The zero-order chi connectivity index (χ0) is 12.3. The maximum atomic E-state index is 10.6. The molecule has 2 N–H and O–H groups in total. The Morgan fingerprint density at radius 1 is 1.47 bits per heavy atom. The van der Waals surface area contributed by atoms with Crippen LogP contribution in [0, 0.1) is 6.92 Å². The topological polar surface area (TPSA) is 91.8 Å². The molecule has 1 aromatic carbocycles. The summed E-state index contributed by atoms with van der Waals surface area (Å²) in [5.74, 6) is -0.251. The SMILES string of the molecule is Cc1ccc(-c2nnn[nH]2)c(CCC(=O)O)c1. The number of rotatable bonds is 4. The van der Waals surface area contributed by atoms with Crippen LogP contribution in [0.1, 0.15) is 17.5 Å². The normalized spacial score (nSPS) is 10.4. The minimum atomic E-state index is -0.812. The molecule has 6 heteroatoms. The van der Waals surface area contributed by atoms with Crippen molar-refractivity contribution in [1.82, 2.24) is 20.6 Å². The maximum Gasteiger partial charge on any atom is 0.303 e. The number of H-pyrrole nitrogens is 1. The predicted octanol–water partition coefficient (Wildman–Crippen LogP) is 1.19. The average Bonchev–Trinajstić information content (AvgIpc) is 2.80. The van der Waals surface area contributed by atoms with Gasteiger partial charge in [0.05, 0.1) is 0 Å². The molecule has 0 aliphatic rings. The summed E-state index contributed by atoms with van der Waals surface area (Å²) in [5, 5.41) is 22.3. The van der Waals surface area contributed by atoms with Crippen LogP contribution in [0.25, 0.3) is 11.4 Å².